The number of nitrogens with one attached hydrogen (secondary N) is 2. The molecule has 0 aliphatic rings. The number of hydrogen-bond donors (Lipinski definition) is 2. The molecule has 0 bridgehead atoms. The van der Waals surface area contributed by atoms with E-state index < -0.39 is 0 Å². The Hall–Kier alpha value is -2.66. The van der Waals surface area contributed by atoms with Crippen molar-refractivity contribution in [2.24, 2.45) is 5.10 Å². The van der Waals surface area contributed by atoms with Gasteiger partial charge in [-0.25, -0.2) is 0 Å². The van der Waals surface area contributed by atoms with Crippen molar-refractivity contribution in [1.82, 2.24) is 10.7 Å². The summed E-state index contributed by atoms with van der Waals surface area (Å²) in [6.07, 6.45) is 3.40. The highest BCUT2D eigenvalue weighted by Gasteiger charge is 1.98. The van der Waals surface area contributed by atoms with Crippen LogP contribution in [0.3, 0.4) is 0 Å². The Labute approximate surface area is 133 Å². The first-order valence-corrected chi connectivity index (χ1v) is 7.31. The summed E-state index contributed by atoms with van der Waals surface area (Å²) in [5.41, 5.74) is 3.85. The minimum absolute atomic E-state index is 0.452. The maximum Gasteiger partial charge on any atom is 0.187 e. The molecule has 3 rings (SSSR count). The van der Waals surface area contributed by atoms with Crippen LogP contribution in [0, 0.1) is 0 Å². The van der Waals surface area contributed by atoms with Crippen LogP contribution in [-0.4, -0.2) is 11.3 Å². The molecule has 0 atom stereocenters. The summed E-state index contributed by atoms with van der Waals surface area (Å²) in [6.45, 7) is 0.530. The highest BCUT2D eigenvalue weighted by atomic mass is 32.1. The molecule has 22 heavy (non-hydrogen) atoms. The first-order valence-electron chi connectivity index (χ1n) is 6.90. The van der Waals surface area contributed by atoms with E-state index in [1.807, 2.05) is 36.4 Å². The summed E-state index contributed by atoms with van der Waals surface area (Å²) < 4.78 is 5.22. The van der Waals surface area contributed by atoms with Crippen molar-refractivity contribution in [3.05, 3.63) is 72.2 Å². The number of thiocarbonyl (C=S) groups is 1. The average Bonchev–Trinajstić information content (AvgIpc) is 3.07. The molecule has 0 fully saturated rings. The zero-order valence-corrected chi connectivity index (χ0v) is 12.6. The molecule has 1 aromatic heterocycles. The van der Waals surface area contributed by atoms with E-state index in [2.05, 4.69) is 34.0 Å². The van der Waals surface area contributed by atoms with Gasteiger partial charge < -0.3 is 9.73 Å². The minimum Gasteiger partial charge on any atom is -0.467 e. The molecule has 0 saturated carbocycles. The van der Waals surface area contributed by atoms with Crippen LogP contribution in [-0.2, 0) is 6.54 Å². The lowest BCUT2D eigenvalue weighted by Gasteiger charge is -2.05. The molecule has 1 heterocycles. The Morgan fingerprint density at radius 2 is 1.95 bits per heavy atom. The maximum atomic E-state index is 5.22. The molecule has 0 spiro atoms. The first kappa shape index (κ1) is 14.3. The van der Waals surface area contributed by atoms with E-state index in [-0.39, 0.29) is 0 Å². The van der Waals surface area contributed by atoms with Gasteiger partial charge in [-0.2, -0.15) is 5.10 Å². The summed E-state index contributed by atoms with van der Waals surface area (Å²) in [4.78, 5) is 0. The van der Waals surface area contributed by atoms with Crippen molar-refractivity contribution >= 4 is 34.3 Å². The second kappa shape index (κ2) is 6.87. The number of furan rings is 1. The van der Waals surface area contributed by atoms with Crippen LogP contribution >= 0.6 is 12.2 Å². The Morgan fingerprint density at radius 1 is 1.09 bits per heavy atom. The minimum atomic E-state index is 0.452. The molecule has 0 aliphatic carbocycles. The van der Waals surface area contributed by atoms with Crippen LogP contribution in [0.25, 0.3) is 10.8 Å². The lowest BCUT2D eigenvalue weighted by Crippen LogP contribution is -2.31. The molecule has 2 aromatic carbocycles. The van der Waals surface area contributed by atoms with Crippen LogP contribution in [0.2, 0.25) is 0 Å². The van der Waals surface area contributed by atoms with Gasteiger partial charge in [-0.1, -0.05) is 42.5 Å². The van der Waals surface area contributed by atoms with Crippen LogP contribution in [0.1, 0.15) is 11.3 Å². The third-order valence-corrected chi connectivity index (χ3v) is 3.43. The van der Waals surface area contributed by atoms with Crippen molar-refractivity contribution < 1.29 is 4.42 Å². The number of benzene rings is 2. The molecule has 0 unspecified atom stereocenters. The number of hydrogen-bond acceptors (Lipinski definition) is 3. The lowest BCUT2D eigenvalue weighted by atomic mass is 10.1. The third-order valence-electron chi connectivity index (χ3n) is 3.20. The monoisotopic (exact) mass is 309 g/mol. The van der Waals surface area contributed by atoms with E-state index >= 15 is 0 Å². The molecule has 3 aromatic rings. The van der Waals surface area contributed by atoms with Crippen LogP contribution in [0.5, 0.6) is 0 Å². The van der Waals surface area contributed by atoms with Crippen molar-refractivity contribution in [2.45, 2.75) is 6.54 Å². The smallest absolute Gasteiger partial charge is 0.187 e. The molecule has 0 radical (unpaired) electrons. The van der Waals surface area contributed by atoms with Crippen LogP contribution in [0.15, 0.2) is 70.4 Å². The van der Waals surface area contributed by atoms with E-state index in [1.54, 1.807) is 12.5 Å². The second-order valence-electron chi connectivity index (χ2n) is 4.70. The molecule has 0 aliphatic heterocycles. The van der Waals surface area contributed by atoms with E-state index in [9.17, 15) is 0 Å². The van der Waals surface area contributed by atoms with E-state index in [4.69, 9.17) is 16.6 Å². The van der Waals surface area contributed by atoms with Crippen LogP contribution < -0.4 is 10.7 Å². The largest absolute Gasteiger partial charge is 0.467 e. The van der Waals surface area contributed by atoms with E-state index in [0.717, 1.165) is 16.7 Å². The SMILES string of the molecule is S=C(NCc1ccco1)NN=Cc1cccc2ccccc12. The first-order chi connectivity index (χ1) is 10.8. The van der Waals surface area contributed by atoms with Crippen molar-refractivity contribution in [3.8, 4) is 0 Å². The Balaban J connectivity index is 1.60. The van der Waals surface area contributed by atoms with Crippen molar-refractivity contribution in [3.63, 3.8) is 0 Å². The topological polar surface area (TPSA) is 49.6 Å². The van der Waals surface area contributed by atoms with E-state index in [1.165, 1.54) is 5.39 Å². The second-order valence-corrected chi connectivity index (χ2v) is 5.11. The zero-order valence-electron chi connectivity index (χ0n) is 11.8. The van der Waals surface area contributed by atoms with Gasteiger partial charge in [-0.15, -0.1) is 0 Å². The highest BCUT2D eigenvalue weighted by Crippen LogP contribution is 2.16. The molecule has 0 amide bonds. The molecule has 0 saturated heterocycles. The van der Waals surface area contributed by atoms with Crippen molar-refractivity contribution in [2.75, 3.05) is 0 Å². The Morgan fingerprint density at radius 3 is 2.82 bits per heavy atom. The molecular weight excluding hydrogens is 294 g/mol. The predicted octanol–water partition coefficient (Wildman–Crippen LogP) is 3.43. The van der Waals surface area contributed by atoms with Gasteiger partial charge in [0.25, 0.3) is 0 Å². The van der Waals surface area contributed by atoms with Gasteiger partial charge in [0, 0.05) is 5.56 Å². The zero-order chi connectivity index (χ0) is 15.2. The molecule has 2 N–H and O–H groups in total. The Bertz CT molecular complexity index is 791. The lowest BCUT2D eigenvalue weighted by molar-refractivity contribution is 0.502. The van der Waals surface area contributed by atoms with Gasteiger partial charge >= 0.3 is 0 Å². The standard InChI is InChI=1S/C17H15N3OS/c22-17(18-12-15-8-4-10-21-15)20-19-11-14-7-3-6-13-5-1-2-9-16(13)14/h1-11H,12H2,(H2,18,20,22). The number of rotatable bonds is 4. The molecule has 4 nitrogen and oxygen atoms in total. The summed E-state index contributed by atoms with van der Waals surface area (Å²) >= 11 is 5.16. The fourth-order valence-corrected chi connectivity index (χ4v) is 2.27. The van der Waals surface area contributed by atoms with Crippen LogP contribution in [0.4, 0.5) is 0 Å². The summed E-state index contributed by atoms with van der Waals surface area (Å²) in [6, 6.07) is 18.0. The normalized spacial score (nSPS) is 10.9. The molecule has 5 heteroatoms. The predicted molar refractivity (Wildman–Crippen MR) is 92.8 cm³/mol. The van der Waals surface area contributed by atoms with Gasteiger partial charge in [0.1, 0.15) is 5.76 Å². The Kier molecular flexibility index (Phi) is 4.46. The molecular formula is C17H15N3OS. The highest BCUT2D eigenvalue weighted by molar-refractivity contribution is 7.80. The van der Waals surface area contributed by atoms with Gasteiger partial charge in [-0.3, -0.25) is 5.43 Å². The fraction of sp³-hybridized carbons (Fsp3) is 0.0588. The van der Waals surface area contributed by atoms with E-state index in [0.29, 0.717) is 11.7 Å². The quantitative estimate of drug-likeness (QED) is 0.440. The maximum absolute atomic E-state index is 5.22. The fourth-order valence-electron chi connectivity index (χ4n) is 2.14. The third kappa shape index (κ3) is 3.51. The van der Waals surface area contributed by atoms with Gasteiger partial charge in [0.15, 0.2) is 5.11 Å². The molecule has 110 valence electrons. The number of nitrogens with zero attached hydrogens (tertiary/aromatic N) is 1. The van der Waals surface area contributed by atoms with Gasteiger partial charge in [-0.05, 0) is 35.1 Å². The summed E-state index contributed by atoms with van der Waals surface area (Å²) in [5, 5.41) is 10.00. The van der Waals surface area contributed by atoms with Gasteiger partial charge in [0.05, 0.1) is 19.0 Å². The summed E-state index contributed by atoms with van der Waals surface area (Å²) in [7, 11) is 0. The van der Waals surface area contributed by atoms with Crippen molar-refractivity contribution in [1.29, 1.82) is 0 Å². The van der Waals surface area contributed by atoms with Gasteiger partial charge in [0.2, 0.25) is 0 Å². The number of hydrazone groups is 1. The average molecular weight is 309 g/mol. The summed E-state index contributed by atoms with van der Waals surface area (Å²) in [5.74, 6) is 0.821. The number of fused-ring (bicyclic) bond motifs is 1.